The minimum absolute atomic E-state index is 0.0210. The van der Waals surface area contributed by atoms with Gasteiger partial charge in [0.1, 0.15) is 36.6 Å². The number of rotatable bonds is 14. The molecule has 34 heavy (non-hydrogen) atoms. The highest BCUT2D eigenvalue weighted by Crippen LogP contribution is 2.09. The molecule has 0 heterocycles. The van der Waals surface area contributed by atoms with Crippen LogP contribution in [0.3, 0.4) is 0 Å². The number of amides is 2. The van der Waals surface area contributed by atoms with E-state index in [0.717, 1.165) is 0 Å². The summed E-state index contributed by atoms with van der Waals surface area (Å²) in [5.41, 5.74) is -0.0419. The molecule has 194 valence electrons. The zero-order valence-electron chi connectivity index (χ0n) is 18.0. The van der Waals surface area contributed by atoms with Gasteiger partial charge in [0.25, 0.3) is 11.8 Å². The van der Waals surface area contributed by atoms with Crippen molar-refractivity contribution < 1.29 is 60.7 Å². The summed E-state index contributed by atoms with van der Waals surface area (Å²) < 4.78 is 0. The average Bonchev–Trinajstić information content (AvgIpc) is 2.86. The summed E-state index contributed by atoms with van der Waals surface area (Å²) in [6.07, 6.45) is -14.2. The third-order valence-electron chi connectivity index (χ3n) is 4.98. The maximum absolute atomic E-state index is 12.3. The van der Waals surface area contributed by atoms with Gasteiger partial charge in [-0.3, -0.25) is 9.59 Å². The van der Waals surface area contributed by atoms with Gasteiger partial charge in [0.15, 0.2) is 0 Å². The summed E-state index contributed by atoms with van der Waals surface area (Å²) in [5.74, 6) is -1.51. The Hall–Kier alpha value is -2.24. The van der Waals surface area contributed by atoms with E-state index < -0.39 is 86.9 Å². The van der Waals surface area contributed by atoms with E-state index in [1.807, 2.05) is 0 Å². The monoisotopic (exact) mass is 492 g/mol. The molecule has 0 aromatic heterocycles. The lowest BCUT2D eigenvalue weighted by Crippen LogP contribution is -2.49. The Morgan fingerprint density at radius 3 is 1.26 bits per heavy atom. The van der Waals surface area contributed by atoms with Crippen LogP contribution >= 0.6 is 0 Å². The molecule has 1 rings (SSSR count). The topological polar surface area (TPSA) is 260 Å². The largest absolute Gasteiger partial charge is 0.394 e. The summed E-state index contributed by atoms with van der Waals surface area (Å²) in [6, 6.07) is 5.21. The molecule has 1 aromatic rings. The molecule has 0 aliphatic heterocycles. The number of carbonyl (C=O) groups excluding carboxylic acids is 2. The van der Waals surface area contributed by atoms with E-state index in [1.54, 1.807) is 0 Å². The van der Waals surface area contributed by atoms with Crippen LogP contribution in [0.15, 0.2) is 24.3 Å². The standard InChI is InChI=1S/C20H32N2O12/c23-7-13(27)17(31)15(29)11(25)5-21-19(33)9-2-1-3-10(4-9)20(34)22-6-12(26)16(30)18(32)14(28)8-24/h1-4,11-18,23-32H,5-8H2,(H,21,33)(H,22,34). The molecule has 12 N–H and O–H groups in total. The van der Waals surface area contributed by atoms with Gasteiger partial charge in [-0.15, -0.1) is 0 Å². The van der Waals surface area contributed by atoms with Crippen molar-refractivity contribution in [3.05, 3.63) is 35.4 Å². The lowest BCUT2D eigenvalue weighted by atomic mass is 10.0. The third kappa shape index (κ3) is 8.52. The van der Waals surface area contributed by atoms with Crippen molar-refractivity contribution in [3.63, 3.8) is 0 Å². The van der Waals surface area contributed by atoms with Crippen LogP contribution in [0.1, 0.15) is 20.7 Å². The molecule has 0 saturated carbocycles. The molecule has 8 atom stereocenters. The predicted molar refractivity (Wildman–Crippen MR) is 113 cm³/mol. The van der Waals surface area contributed by atoms with Crippen LogP contribution in [-0.4, -0.2) is 138 Å². The first-order valence-corrected chi connectivity index (χ1v) is 10.3. The number of benzene rings is 1. The first-order chi connectivity index (χ1) is 15.9. The SMILES string of the molecule is O=C(NCC(O)C(O)C(O)C(O)CO)c1cccc(C(=O)NCC(O)C(O)C(O)C(O)CO)c1. The number of carbonyl (C=O) groups is 2. The van der Waals surface area contributed by atoms with Gasteiger partial charge in [0.2, 0.25) is 0 Å². The number of aliphatic hydroxyl groups is 10. The molecule has 0 radical (unpaired) electrons. The van der Waals surface area contributed by atoms with Crippen molar-refractivity contribution >= 4 is 11.8 Å². The molecule has 14 nitrogen and oxygen atoms in total. The summed E-state index contributed by atoms with van der Waals surface area (Å²) >= 11 is 0. The Kier molecular flexibility index (Phi) is 12.5. The van der Waals surface area contributed by atoms with E-state index in [2.05, 4.69) is 10.6 Å². The zero-order chi connectivity index (χ0) is 26.0. The van der Waals surface area contributed by atoms with Crippen molar-refractivity contribution in [2.75, 3.05) is 26.3 Å². The molecule has 0 fully saturated rings. The highest BCUT2D eigenvalue weighted by atomic mass is 16.4. The quantitative estimate of drug-likeness (QED) is 0.116. The molecule has 2 amide bonds. The Labute approximate surface area is 194 Å². The summed E-state index contributed by atoms with van der Waals surface area (Å²) in [4.78, 5) is 24.6. The van der Waals surface area contributed by atoms with E-state index >= 15 is 0 Å². The van der Waals surface area contributed by atoms with Gasteiger partial charge in [-0.2, -0.15) is 0 Å². The number of hydrogen-bond donors (Lipinski definition) is 12. The first-order valence-electron chi connectivity index (χ1n) is 10.3. The Balaban J connectivity index is 2.66. The van der Waals surface area contributed by atoms with E-state index in [-0.39, 0.29) is 11.1 Å². The van der Waals surface area contributed by atoms with E-state index in [9.17, 15) is 50.4 Å². The fraction of sp³-hybridized carbons (Fsp3) is 0.600. The van der Waals surface area contributed by atoms with Crippen molar-refractivity contribution in [2.45, 2.75) is 48.8 Å². The molecule has 1 aromatic carbocycles. The Bertz CT molecular complexity index is 722. The van der Waals surface area contributed by atoms with Crippen molar-refractivity contribution in [2.24, 2.45) is 0 Å². The molecule has 0 aliphatic carbocycles. The van der Waals surface area contributed by atoms with Crippen molar-refractivity contribution in [3.8, 4) is 0 Å². The smallest absolute Gasteiger partial charge is 0.251 e. The van der Waals surface area contributed by atoms with Gasteiger partial charge < -0.3 is 61.7 Å². The molecule has 0 bridgehead atoms. The van der Waals surface area contributed by atoms with Crippen molar-refractivity contribution in [1.29, 1.82) is 0 Å². The highest BCUT2D eigenvalue weighted by Gasteiger charge is 2.31. The second-order valence-electron chi connectivity index (χ2n) is 7.60. The van der Waals surface area contributed by atoms with Gasteiger partial charge in [0.05, 0.1) is 25.4 Å². The third-order valence-corrected chi connectivity index (χ3v) is 4.98. The van der Waals surface area contributed by atoms with Crippen LogP contribution in [0, 0.1) is 0 Å². The van der Waals surface area contributed by atoms with Gasteiger partial charge in [-0.25, -0.2) is 0 Å². The molecule has 0 saturated heterocycles. The molecule has 0 spiro atoms. The maximum Gasteiger partial charge on any atom is 0.251 e. The zero-order valence-corrected chi connectivity index (χ0v) is 18.0. The van der Waals surface area contributed by atoms with Crippen LogP contribution in [-0.2, 0) is 0 Å². The molecule has 14 heteroatoms. The van der Waals surface area contributed by atoms with Gasteiger partial charge in [0, 0.05) is 24.2 Å². The Morgan fingerprint density at radius 1 is 0.618 bits per heavy atom. The van der Waals surface area contributed by atoms with Gasteiger partial charge in [-0.05, 0) is 18.2 Å². The number of aliphatic hydroxyl groups excluding tert-OH is 10. The van der Waals surface area contributed by atoms with Gasteiger partial charge >= 0.3 is 0 Å². The number of hydrogen-bond acceptors (Lipinski definition) is 12. The minimum Gasteiger partial charge on any atom is -0.394 e. The summed E-state index contributed by atoms with van der Waals surface area (Å²) in [6.45, 7) is -2.77. The lowest BCUT2D eigenvalue weighted by Gasteiger charge is -2.25. The minimum atomic E-state index is -1.86. The van der Waals surface area contributed by atoms with E-state index in [4.69, 9.17) is 10.2 Å². The summed E-state index contributed by atoms with van der Waals surface area (Å²) in [7, 11) is 0. The van der Waals surface area contributed by atoms with Crippen molar-refractivity contribution in [1.82, 2.24) is 10.6 Å². The van der Waals surface area contributed by atoms with Crippen LogP contribution < -0.4 is 10.6 Å². The van der Waals surface area contributed by atoms with Crippen LogP contribution in [0.5, 0.6) is 0 Å². The average molecular weight is 492 g/mol. The second kappa shape index (κ2) is 14.2. The van der Waals surface area contributed by atoms with Crippen LogP contribution in [0.2, 0.25) is 0 Å². The fourth-order valence-corrected chi connectivity index (χ4v) is 2.77. The van der Waals surface area contributed by atoms with Crippen LogP contribution in [0.4, 0.5) is 0 Å². The van der Waals surface area contributed by atoms with E-state index in [1.165, 1.54) is 24.3 Å². The highest BCUT2D eigenvalue weighted by molar-refractivity contribution is 5.99. The molecule has 8 unspecified atom stereocenters. The molecular formula is C20H32N2O12. The molecular weight excluding hydrogens is 460 g/mol. The fourth-order valence-electron chi connectivity index (χ4n) is 2.77. The van der Waals surface area contributed by atoms with Crippen LogP contribution in [0.25, 0.3) is 0 Å². The first kappa shape index (κ1) is 29.8. The lowest BCUT2D eigenvalue weighted by molar-refractivity contribution is -0.113. The maximum atomic E-state index is 12.3. The van der Waals surface area contributed by atoms with E-state index in [0.29, 0.717) is 0 Å². The number of nitrogens with one attached hydrogen (secondary N) is 2. The Morgan fingerprint density at radius 2 is 0.941 bits per heavy atom. The predicted octanol–water partition coefficient (Wildman–Crippen LogP) is -5.98. The summed E-state index contributed by atoms with van der Waals surface area (Å²) in [5, 5.41) is 99.0. The molecule has 0 aliphatic rings. The van der Waals surface area contributed by atoms with Gasteiger partial charge in [-0.1, -0.05) is 6.07 Å². The second-order valence-corrected chi connectivity index (χ2v) is 7.60. The normalized spacial score (nSPS) is 18.6.